The van der Waals surface area contributed by atoms with Gasteiger partial charge >= 0.3 is 0 Å². The van der Waals surface area contributed by atoms with Gasteiger partial charge in [0.05, 0.1) is 6.10 Å². The fourth-order valence-corrected chi connectivity index (χ4v) is 1.24. The molecule has 2 heteroatoms. The predicted octanol–water partition coefficient (Wildman–Crippen LogP) is 2.84. The van der Waals surface area contributed by atoms with E-state index in [1.807, 2.05) is 24.3 Å². The summed E-state index contributed by atoms with van der Waals surface area (Å²) in [5.74, 6) is 0.898. The van der Waals surface area contributed by atoms with Crippen molar-refractivity contribution in [3.8, 4) is 5.75 Å². The topological polar surface area (TPSA) is 35.2 Å². The Morgan fingerprint density at radius 1 is 1.31 bits per heavy atom. The molecule has 1 unspecified atom stereocenters. The van der Waals surface area contributed by atoms with E-state index in [0.29, 0.717) is 0 Å². The Morgan fingerprint density at radius 2 is 1.92 bits per heavy atom. The second-order valence-electron chi connectivity index (χ2n) is 3.29. The molecule has 0 aliphatic rings. The molecule has 2 N–H and O–H groups in total. The normalized spacial score (nSPS) is 12.5. The molecule has 0 aliphatic heterocycles. The molecule has 0 bridgehead atoms. The first kappa shape index (κ1) is 9.90. The average Bonchev–Trinajstić information content (AvgIpc) is 2.09. The van der Waals surface area contributed by atoms with E-state index in [1.54, 1.807) is 0 Å². The number of benzene rings is 1. The quantitative estimate of drug-likeness (QED) is 0.721. The van der Waals surface area contributed by atoms with E-state index < -0.39 is 0 Å². The van der Waals surface area contributed by atoms with Gasteiger partial charge in [-0.3, -0.25) is 0 Å². The molecule has 0 amide bonds. The molecule has 0 heterocycles. The van der Waals surface area contributed by atoms with Crippen LogP contribution < -0.4 is 10.5 Å². The lowest BCUT2D eigenvalue weighted by Crippen LogP contribution is -2.10. The van der Waals surface area contributed by atoms with Gasteiger partial charge in [-0.25, -0.2) is 0 Å². The minimum atomic E-state index is 0.286. The maximum absolute atomic E-state index is 5.65. The molecule has 1 rings (SSSR count). The summed E-state index contributed by atoms with van der Waals surface area (Å²) in [6, 6.07) is 7.52. The van der Waals surface area contributed by atoms with Gasteiger partial charge in [-0.2, -0.15) is 0 Å². The van der Waals surface area contributed by atoms with Crippen molar-refractivity contribution in [3.05, 3.63) is 24.3 Å². The van der Waals surface area contributed by atoms with Crippen LogP contribution in [0.25, 0.3) is 0 Å². The number of rotatable bonds is 4. The van der Waals surface area contributed by atoms with E-state index in [1.165, 1.54) is 0 Å². The Balaban J connectivity index is 2.49. The van der Waals surface area contributed by atoms with Gasteiger partial charge in [-0.05, 0) is 37.6 Å². The Morgan fingerprint density at radius 3 is 2.46 bits per heavy atom. The maximum atomic E-state index is 5.65. The van der Waals surface area contributed by atoms with Crippen LogP contribution in [0.2, 0.25) is 0 Å². The highest BCUT2D eigenvalue weighted by molar-refractivity contribution is 5.41. The second-order valence-corrected chi connectivity index (χ2v) is 3.29. The molecule has 13 heavy (non-hydrogen) atoms. The van der Waals surface area contributed by atoms with Crippen molar-refractivity contribution < 1.29 is 4.74 Å². The molecule has 1 atom stereocenters. The zero-order chi connectivity index (χ0) is 9.68. The molecule has 1 aromatic carbocycles. The molecule has 1 aromatic rings. The average molecular weight is 179 g/mol. The van der Waals surface area contributed by atoms with Crippen LogP contribution >= 0.6 is 0 Å². The number of ether oxygens (including phenoxy) is 1. The summed E-state index contributed by atoms with van der Waals surface area (Å²) in [6.07, 6.45) is 2.52. The van der Waals surface area contributed by atoms with E-state index >= 15 is 0 Å². The third-order valence-electron chi connectivity index (χ3n) is 1.91. The molecular weight excluding hydrogens is 162 g/mol. The molecule has 2 nitrogen and oxygen atoms in total. The number of anilines is 1. The van der Waals surface area contributed by atoms with Gasteiger partial charge in [0.1, 0.15) is 5.75 Å². The standard InChI is InChI=1S/C11H17NO/c1-3-4-9(2)13-11-7-5-10(12)6-8-11/h5-9H,3-4,12H2,1-2H3. The van der Waals surface area contributed by atoms with E-state index in [-0.39, 0.29) is 6.10 Å². The van der Waals surface area contributed by atoms with Gasteiger partial charge in [0.25, 0.3) is 0 Å². The van der Waals surface area contributed by atoms with Crippen molar-refractivity contribution in [1.82, 2.24) is 0 Å². The number of hydrogen-bond donors (Lipinski definition) is 1. The Kier molecular flexibility index (Phi) is 3.62. The Bertz CT molecular complexity index is 243. The van der Waals surface area contributed by atoms with E-state index in [9.17, 15) is 0 Å². The van der Waals surface area contributed by atoms with Crippen LogP contribution in [0.1, 0.15) is 26.7 Å². The monoisotopic (exact) mass is 179 g/mol. The van der Waals surface area contributed by atoms with Crippen molar-refractivity contribution >= 4 is 5.69 Å². The number of nitrogen functional groups attached to an aromatic ring is 1. The summed E-state index contributed by atoms with van der Waals surface area (Å²) in [7, 11) is 0. The van der Waals surface area contributed by atoms with Crippen LogP contribution in [0.3, 0.4) is 0 Å². The minimum Gasteiger partial charge on any atom is -0.491 e. The Hall–Kier alpha value is -1.18. The van der Waals surface area contributed by atoms with Crippen LogP contribution in [0.5, 0.6) is 5.75 Å². The highest BCUT2D eigenvalue weighted by Crippen LogP contribution is 2.15. The van der Waals surface area contributed by atoms with E-state index in [4.69, 9.17) is 10.5 Å². The first-order chi connectivity index (χ1) is 6.22. The van der Waals surface area contributed by atoms with Crippen molar-refractivity contribution in [1.29, 1.82) is 0 Å². The summed E-state index contributed by atoms with van der Waals surface area (Å²) in [5, 5.41) is 0. The van der Waals surface area contributed by atoms with Gasteiger partial charge in [0, 0.05) is 5.69 Å². The van der Waals surface area contributed by atoms with Crippen molar-refractivity contribution in [2.75, 3.05) is 5.73 Å². The van der Waals surface area contributed by atoms with E-state index in [0.717, 1.165) is 24.3 Å². The SMILES string of the molecule is CCCC(C)Oc1ccc(N)cc1. The molecule has 0 saturated heterocycles. The molecule has 0 spiro atoms. The largest absolute Gasteiger partial charge is 0.491 e. The molecule has 0 fully saturated rings. The summed E-state index contributed by atoms with van der Waals surface area (Å²) >= 11 is 0. The van der Waals surface area contributed by atoms with Gasteiger partial charge in [-0.1, -0.05) is 13.3 Å². The maximum Gasteiger partial charge on any atom is 0.119 e. The molecular formula is C11H17NO. The third-order valence-corrected chi connectivity index (χ3v) is 1.91. The summed E-state index contributed by atoms with van der Waals surface area (Å²) in [4.78, 5) is 0. The van der Waals surface area contributed by atoms with Crippen LogP contribution in [0, 0.1) is 0 Å². The molecule has 0 aromatic heterocycles. The molecule has 72 valence electrons. The van der Waals surface area contributed by atoms with Crippen molar-refractivity contribution in [2.24, 2.45) is 0 Å². The van der Waals surface area contributed by atoms with Crippen LogP contribution in [-0.2, 0) is 0 Å². The van der Waals surface area contributed by atoms with Gasteiger partial charge < -0.3 is 10.5 Å². The van der Waals surface area contributed by atoms with Gasteiger partial charge in [-0.15, -0.1) is 0 Å². The zero-order valence-corrected chi connectivity index (χ0v) is 8.29. The number of hydrogen-bond acceptors (Lipinski definition) is 2. The smallest absolute Gasteiger partial charge is 0.119 e. The van der Waals surface area contributed by atoms with Crippen molar-refractivity contribution in [3.63, 3.8) is 0 Å². The first-order valence-electron chi connectivity index (χ1n) is 4.74. The highest BCUT2D eigenvalue weighted by Gasteiger charge is 2.01. The lowest BCUT2D eigenvalue weighted by atomic mass is 10.2. The molecule has 0 saturated carbocycles. The van der Waals surface area contributed by atoms with Crippen LogP contribution in [0.15, 0.2) is 24.3 Å². The summed E-state index contributed by atoms with van der Waals surface area (Å²) in [5.41, 5.74) is 6.33. The minimum absolute atomic E-state index is 0.286. The summed E-state index contributed by atoms with van der Waals surface area (Å²) < 4.78 is 5.65. The van der Waals surface area contributed by atoms with Gasteiger partial charge in [0.15, 0.2) is 0 Å². The Labute approximate surface area is 79.7 Å². The fourth-order valence-electron chi connectivity index (χ4n) is 1.24. The predicted molar refractivity (Wildman–Crippen MR) is 55.9 cm³/mol. The summed E-state index contributed by atoms with van der Waals surface area (Å²) in [6.45, 7) is 4.24. The van der Waals surface area contributed by atoms with Crippen LogP contribution in [0.4, 0.5) is 5.69 Å². The van der Waals surface area contributed by atoms with Gasteiger partial charge in [0.2, 0.25) is 0 Å². The first-order valence-corrected chi connectivity index (χ1v) is 4.74. The lowest BCUT2D eigenvalue weighted by molar-refractivity contribution is 0.210. The lowest BCUT2D eigenvalue weighted by Gasteiger charge is -2.13. The zero-order valence-electron chi connectivity index (χ0n) is 8.29. The van der Waals surface area contributed by atoms with E-state index in [2.05, 4.69) is 13.8 Å². The molecule has 0 aliphatic carbocycles. The fraction of sp³-hybridized carbons (Fsp3) is 0.455. The third kappa shape index (κ3) is 3.36. The number of nitrogens with two attached hydrogens (primary N) is 1. The highest BCUT2D eigenvalue weighted by atomic mass is 16.5. The molecule has 0 radical (unpaired) electrons. The second kappa shape index (κ2) is 4.75. The van der Waals surface area contributed by atoms with Crippen molar-refractivity contribution in [2.45, 2.75) is 32.8 Å². The van der Waals surface area contributed by atoms with Crippen LogP contribution in [-0.4, -0.2) is 6.10 Å².